The first-order valence-electron chi connectivity index (χ1n) is 8.02. The molecule has 0 bridgehead atoms. The first-order valence-corrected chi connectivity index (χ1v) is 8.02. The molecule has 138 valence electrons. The lowest BCUT2D eigenvalue weighted by Crippen LogP contribution is -2.38. The van der Waals surface area contributed by atoms with Crippen LogP contribution in [-0.2, 0) is 16.0 Å². The molecule has 0 aliphatic heterocycles. The number of halogens is 2. The van der Waals surface area contributed by atoms with Crippen molar-refractivity contribution in [3.63, 3.8) is 0 Å². The maximum absolute atomic E-state index is 13.6. The molecule has 0 saturated carbocycles. The minimum atomic E-state index is -0.871. The molecule has 2 aromatic rings. The number of benzene rings is 2. The number of ether oxygens (including phenoxy) is 1. The highest BCUT2D eigenvalue weighted by molar-refractivity contribution is 5.94. The van der Waals surface area contributed by atoms with Crippen molar-refractivity contribution < 1.29 is 23.1 Å². The van der Waals surface area contributed by atoms with Crippen LogP contribution >= 0.6 is 0 Å². The molecule has 0 aliphatic rings. The van der Waals surface area contributed by atoms with Gasteiger partial charge in [-0.3, -0.25) is 9.59 Å². The standard InChI is InChI=1S/C19H20F2N2O3/c1-13(24)23(9-8-14-4-3-5-16(10-14)26-2)12-19(25)22-18-7-6-15(20)11-17(18)21/h3-7,10-11H,8-9,12H2,1-2H3,(H,22,25). The van der Waals surface area contributed by atoms with Crippen molar-refractivity contribution in [1.82, 2.24) is 4.90 Å². The number of methoxy groups -OCH3 is 1. The van der Waals surface area contributed by atoms with Crippen molar-refractivity contribution >= 4 is 17.5 Å². The molecule has 2 amide bonds. The van der Waals surface area contributed by atoms with Crippen molar-refractivity contribution in [3.8, 4) is 5.75 Å². The lowest BCUT2D eigenvalue weighted by molar-refractivity contribution is -0.132. The molecule has 0 atom stereocenters. The number of rotatable bonds is 7. The number of anilines is 1. The molecule has 5 nitrogen and oxygen atoms in total. The van der Waals surface area contributed by atoms with Gasteiger partial charge in [0, 0.05) is 19.5 Å². The van der Waals surface area contributed by atoms with Crippen LogP contribution in [0, 0.1) is 11.6 Å². The Morgan fingerprint density at radius 1 is 1.15 bits per heavy atom. The molecule has 2 rings (SSSR count). The molecule has 1 N–H and O–H groups in total. The van der Waals surface area contributed by atoms with Crippen LogP contribution in [0.5, 0.6) is 5.75 Å². The molecule has 0 unspecified atom stereocenters. The zero-order valence-electron chi connectivity index (χ0n) is 14.6. The second-order valence-corrected chi connectivity index (χ2v) is 5.71. The second-order valence-electron chi connectivity index (χ2n) is 5.71. The van der Waals surface area contributed by atoms with Crippen LogP contribution in [0.1, 0.15) is 12.5 Å². The first kappa shape index (κ1) is 19.4. The summed E-state index contributed by atoms with van der Waals surface area (Å²) in [5.41, 5.74) is 0.827. The number of hydrogen-bond donors (Lipinski definition) is 1. The molecule has 0 saturated heterocycles. The Morgan fingerprint density at radius 3 is 2.58 bits per heavy atom. The van der Waals surface area contributed by atoms with E-state index in [-0.39, 0.29) is 18.1 Å². The van der Waals surface area contributed by atoms with Gasteiger partial charge in [-0.1, -0.05) is 12.1 Å². The molecule has 0 spiro atoms. The fourth-order valence-electron chi connectivity index (χ4n) is 2.39. The highest BCUT2D eigenvalue weighted by atomic mass is 19.1. The van der Waals surface area contributed by atoms with Gasteiger partial charge < -0.3 is 15.0 Å². The SMILES string of the molecule is COc1cccc(CCN(CC(=O)Nc2ccc(F)cc2F)C(C)=O)c1. The van der Waals surface area contributed by atoms with Gasteiger partial charge in [0.1, 0.15) is 17.4 Å². The summed E-state index contributed by atoms with van der Waals surface area (Å²) < 4.78 is 31.7. The highest BCUT2D eigenvalue weighted by Gasteiger charge is 2.15. The zero-order chi connectivity index (χ0) is 19.1. The maximum atomic E-state index is 13.6. The van der Waals surface area contributed by atoms with Gasteiger partial charge in [0.15, 0.2) is 0 Å². The Bertz CT molecular complexity index is 796. The van der Waals surface area contributed by atoms with Gasteiger partial charge in [0.05, 0.1) is 19.3 Å². The van der Waals surface area contributed by atoms with Gasteiger partial charge in [-0.25, -0.2) is 8.78 Å². The van der Waals surface area contributed by atoms with Gasteiger partial charge >= 0.3 is 0 Å². The number of hydrogen-bond acceptors (Lipinski definition) is 3. The van der Waals surface area contributed by atoms with Gasteiger partial charge in [-0.05, 0) is 36.2 Å². The van der Waals surface area contributed by atoms with Gasteiger partial charge in [-0.2, -0.15) is 0 Å². The third kappa shape index (κ3) is 5.54. The summed E-state index contributed by atoms with van der Waals surface area (Å²) in [7, 11) is 1.57. The molecule has 7 heteroatoms. The molecule has 0 fully saturated rings. The number of carbonyl (C=O) groups excluding carboxylic acids is 2. The summed E-state index contributed by atoms with van der Waals surface area (Å²) in [5, 5.41) is 2.34. The Kier molecular flexibility index (Phi) is 6.66. The van der Waals surface area contributed by atoms with Crippen molar-refractivity contribution in [2.24, 2.45) is 0 Å². The van der Waals surface area contributed by atoms with E-state index in [9.17, 15) is 18.4 Å². The average Bonchev–Trinajstić information content (AvgIpc) is 2.61. The van der Waals surface area contributed by atoms with E-state index in [0.717, 1.165) is 17.7 Å². The van der Waals surface area contributed by atoms with Gasteiger partial charge in [-0.15, -0.1) is 0 Å². The molecular formula is C19H20F2N2O3. The minimum absolute atomic E-state index is 0.132. The number of amides is 2. The van der Waals surface area contributed by atoms with Crippen LogP contribution in [0.15, 0.2) is 42.5 Å². The Hall–Kier alpha value is -2.96. The summed E-state index contributed by atoms with van der Waals surface area (Å²) in [6.07, 6.45) is 0.537. The predicted molar refractivity (Wildman–Crippen MR) is 93.9 cm³/mol. The summed E-state index contributed by atoms with van der Waals surface area (Å²) in [4.78, 5) is 25.2. The molecule has 0 aliphatic carbocycles. The van der Waals surface area contributed by atoms with Crippen LogP contribution in [0.4, 0.5) is 14.5 Å². The van der Waals surface area contributed by atoms with Crippen LogP contribution in [0.2, 0.25) is 0 Å². The fraction of sp³-hybridized carbons (Fsp3) is 0.263. The van der Waals surface area contributed by atoms with Crippen molar-refractivity contribution in [2.75, 3.05) is 25.5 Å². The van der Waals surface area contributed by atoms with E-state index in [0.29, 0.717) is 24.8 Å². The highest BCUT2D eigenvalue weighted by Crippen LogP contribution is 2.15. The van der Waals surface area contributed by atoms with Crippen molar-refractivity contribution in [2.45, 2.75) is 13.3 Å². The van der Waals surface area contributed by atoms with E-state index in [2.05, 4.69) is 5.32 Å². The van der Waals surface area contributed by atoms with Gasteiger partial charge in [0.25, 0.3) is 0 Å². The fourth-order valence-corrected chi connectivity index (χ4v) is 2.39. The van der Waals surface area contributed by atoms with Crippen molar-refractivity contribution in [1.29, 1.82) is 0 Å². The van der Waals surface area contributed by atoms with E-state index in [1.807, 2.05) is 24.3 Å². The number of nitrogens with zero attached hydrogens (tertiary/aromatic N) is 1. The Labute approximate surface area is 150 Å². The lowest BCUT2D eigenvalue weighted by atomic mass is 10.1. The smallest absolute Gasteiger partial charge is 0.244 e. The molecule has 26 heavy (non-hydrogen) atoms. The molecule has 0 heterocycles. The van der Waals surface area contributed by atoms with E-state index < -0.39 is 17.5 Å². The van der Waals surface area contributed by atoms with Crippen LogP contribution in [-0.4, -0.2) is 36.9 Å². The van der Waals surface area contributed by atoms with Crippen LogP contribution < -0.4 is 10.1 Å². The molecule has 0 aromatic heterocycles. The number of nitrogens with one attached hydrogen (secondary N) is 1. The summed E-state index contributed by atoms with van der Waals surface area (Å²) in [6, 6.07) is 10.3. The van der Waals surface area contributed by atoms with E-state index in [4.69, 9.17) is 4.74 Å². The molecule has 2 aromatic carbocycles. The predicted octanol–water partition coefficient (Wildman–Crippen LogP) is 3.00. The summed E-state index contributed by atoms with van der Waals surface area (Å²) in [5.74, 6) is -1.73. The minimum Gasteiger partial charge on any atom is -0.497 e. The van der Waals surface area contributed by atoms with Gasteiger partial charge in [0.2, 0.25) is 11.8 Å². The third-order valence-electron chi connectivity index (χ3n) is 3.79. The molecule has 0 radical (unpaired) electrons. The number of carbonyl (C=O) groups is 2. The van der Waals surface area contributed by atoms with E-state index >= 15 is 0 Å². The largest absolute Gasteiger partial charge is 0.497 e. The molecular weight excluding hydrogens is 342 g/mol. The zero-order valence-corrected chi connectivity index (χ0v) is 14.6. The maximum Gasteiger partial charge on any atom is 0.244 e. The summed E-state index contributed by atoms with van der Waals surface area (Å²) >= 11 is 0. The third-order valence-corrected chi connectivity index (χ3v) is 3.79. The van der Waals surface area contributed by atoms with E-state index in [1.165, 1.54) is 11.8 Å². The topological polar surface area (TPSA) is 58.6 Å². The normalized spacial score (nSPS) is 10.3. The summed E-state index contributed by atoms with van der Waals surface area (Å²) in [6.45, 7) is 1.45. The average molecular weight is 362 g/mol. The van der Waals surface area contributed by atoms with Crippen molar-refractivity contribution in [3.05, 3.63) is 59.7 Å². The lowest BCUT2D eigenvalue weighted by Gasteiger charge is -2.20. The van der Waals surface area contributed by atoms with Crippen LogP contribution in [0.25, 0.3) is 0 Å². The monoisotopic (exact) mass is 362 g/mol. The van der Waals surface area contributed by atoms with Crippen LogP contribution in [0.3, 0.4) is 0 Å². The van der Waals surface area contributed by atoms with E-state index in [1.54, 1.807) is 7.11 Å². The Balaban J connectivity index is 1.96. The quantitative estimate of drug-likeness (QED) is 0.824. The first-order chi connectivity index (χ1) is 12.4. The second kappa shape index (κ2) is 8.94. The Morgan fingerprint density at radius 2 is 1.92 bits per heavy atom.